The van der Waals surface area contributed by atoms with Crippen LogP contribution in [0, 0.1) is 0 Å². The van der Waals surface area contributed by atoms with Crippen LogP contribution < -0.4 is 14.8 Å². The Bertz CT molecular complexity index is 1110. The third kappa shape index (κ3) is 4.78. The molecule has 30 heavy (non-hydrogen) atoms. The minimum atomic E-state index is 0.444. The molecule has 0 atom stereocenters. The summed E-state index contributed by atoms with van der Waals surface area (Å²) >= 11 is 6.50. The van der Waals surface area contributed by atoms with Gasteiger partial charge in [0.25, 0.3) is 0 Å². The zero-order valence-electron chi connectivity index (χ0n) is 17.0. The molecule has 4 aromatic rings. The minimum absolute atomic E-state index is 0.444. The van der Waals surface area contributed by atoms with Crippen LogP contribution in [-0.4, -0.2) is 18.6 Å². The van der Waals surface area contributed by atoms with Gasteiger partial charge in [-0.15, -0.1) is 0 Å². The van der Waals surface area contributed by atoms with Gasteiger partial charge in [0.1, 0.15) is 6.61 Å². The van der Waals surface area contributed by atoms with Crippen LogP contribution in [0.5, 0.6) is 11.5 Å². The highest BCUT2D eigenvalue weighted by Gasteiger charge is 2.12. The lowest BCUT2D eigenvalue weighted by molar-refractivity contribution is 0.284. The topological polar surface area (TPSA) is 46.3 Å². The largest absolute Gasteiger partial charge is 0.493 e. The number of rotatable bonds is 9. The van der Waals surface area contributed by atoms with Crippen LogP contribution in [0.2, 0.25) is 5.02 Å². The second-order valence-electron chi connectivity index (χ2n) is 7.17. The lowest BCUT2D eigenvalue weighted by atomic mass is 10.1. The summed E-state index contributed by atoms with van der Waals surface area (Å²) < 4.78 is 11.5. The van der Waals surface area contributed by atoms with Crippen molar-refractivity contribution in [3.05, 3.63) is 94.6 Å². The zero-order valence-corrected chi connectivity index (χ0v) is 17.7. The summed E-state index contributed by atoms with van der Waals surface area (Å²) in [5, 5.41) is 5.33. The van der Waals surface area contributed by atoms with Crippen molar-refractivity contribution in [2.24, 2.45) is 0 Å². The molecule has 3 aromatic carbocycles. The second-order valence-corrected chi connectivity index (χ2v) is 7.58. The first-order chi connectivity index (χ1) is 14.7. The first-order valence-electron chi connectivity index (χ1n) is 10.0. The second kappa shape index (κ2) is 9.70. The van der Waals surface area contributed by atoms with Crippen molar-refractivity contribution in [1.82, 2.24) is 10.3 Å². The molecule has 0 aliphatic rings. The van der Waals surface area contributed by atoms with Crippen molar-refractivity contribution in [3.8, 4) is 11.5 Å². The van der Waals surface area contributed by atoms with Crippen molar-refractivity contribution in [2.75, 3.05) is 13.7 Å². The van der Waals surface area contributed by atoms with Crippen LogP contribution >= 0.6 is 11.6 Å². The molecule has 0 saturated carbocycles. The molecule has 1 heterocycles. The summed E-state index contributed by atoms with van der Waals surface area (Å²) in [4.78, 5) is 3.32. The fourth-order valence-corrected chi connectivity index (χ4v) is 3.83. The van der Waals surface area contributed by atoms with E-state index in [0.717, 1.165) is 24.1 Å². The van der Waals surface area contributed by atoms with Gasteiger partial charge in [-0.25, -0.2) is 0 Å². The number of fused-ring (bicyclic) bond motifs is 1. The summed E-state index contributed by atoms with van der Waals surface area (Å²) in [6, 6.07) is 22.3. The predicted molar refractivity (Wildman–Crippen MR) is 122 cm³/mol. The maximum absolute atomic E-state index is 6.50. The Labute approximate surface area is 181 Å². The summed E-state index contributed by atoms with van der Waals surface area (Å²) in [6.45, 7) is 2.02. The van der Waals surface area contributed by atoms with E-state index in [0.29, 0.717) is 29.7 Å². The van der Waals surface area contributed by atoms with Crippen molar-refractivity contribution >= 4 is 22.5 Å². The number of halogens is 1. The highest BCUT2D eigenvalue weighted by molar-refractivity contribution is 6.32. The molecule has 0 saturated heterocycles. The number of H-pyrrole nitrogens is 1. The molecule has 0 aliphatic carbocycles. The molecule has 0 amide bonds. The summed E-state index contributed by atoms with van der Waals surface area (Å²) in [7, 11) is 1.63. The Morgan fingerprint density at radius 1 is 0.967 bits per heavy atom. The number of aromatic amines is 1. The van der Waals surface area contributed by atoms with Crippen LogP contribution in [-0.2, 0) is 19.6 Å². The third-order valence-corrected chi connectivity index (χ3v) is 5.37. The van der Waals surface area contributed by atoms with Gasteiger partial charge in [0.15, 0.2) is 11.5 Å². The van der Waals surface area contributed by atoms with Gasteiger partial charge in [-0.2, -0.15) is 0 Å². The molecule has 0 radical (unpaired) electrons. The van der Waals surface area contributed by atoms with Gasteiger partial charge in [-0.05, 0) is 47.9 Å². The Hall–Kier alpha value is -2.95. The molecule has 5 heteroatoms. The monoisotopic (exact) mass is 420 g/mol. The van der Waals surface area contributed by atoms with Crippen molar-refractivity contribution in [2.45, 2.75) is 19.6 Å². The standard InChI is InChI=1S/C25H25ClN2O2/c1-29-24-14-19(13-22(26)25(24)30-17-18-7-3-2-4-8-18)15-27-12-11-20-16-28-23-10-6-5-9-21(20)23/h2-10,13-14,16,27-28H,11-12,15,17H2,1H3. The van der Waals surface area contributed by atoms with E-state index in [1.165, 1.54) is 16.5 Å². The average Bonchev–Trinajstić information content (AvgIpc) is 3.19. The van der Waals surface area contributed by atoms with Crippen LogP contribution in [0.15, 0.2) is 72.9 Å². The van der Waals surface area contributed by atoms with E-state index in [1.54, 1.807) is 7.11 Å². The number of methoxy groups -OCH3 is 1. The van der Waals surface area contributed by atoms with Crippen LogP contribution in [0.4, 0.5) is 0 Å². The number of para-hydroxylation sites is 1. The Balaban J connectivity index is 1.35. The van der Waals surface area contributed by atoms with Crippen LogP contribution in [0.1, 0.15) is 16.7 Å². The predicted octanol–water partition coefficient (Wildman–Crippen LogP) is 5.74. The molecule has 2 N–H and O–H groups in total. The van der Waals surface area contributed by atoms with Gasteiger partial charge >= 0.3 is 0 Å². The van der Waals surface area contributed by atoms with Crippen molar-refractivity contribution < 1.29 is 9.47 Å². The number of benzene rings is 3. The first kappa shape index (κ1) is 20.3. The molecular weight excluding hydrogens is 396 g/mol. The van der Waals surface area contributed by atoms with Gasteiger partial charge in [0.05, 0.1) is 12.1 Å². The fourth-order valence-electron chi connectivity index (χ4n) is 3.54. The molecule has 4 nitrogen and oxygen atoms in total. The van der Waals surface area contributed by atoms with E-state index in [1.807, 2.05) is 48.5 Å². The first-order valence-corrected chi connectivity index (χ1v) is 10.4. The third-order valence-electron chi connectivity index (χ3n) is 5.09. The molecule has 0 aliphatic heterocycles. The average molecular weight is 421 g/mol. The summed E-state index contributed by atoms with van der Waals surface area (Å²) in [5.41, 5.74) is 4.63. The van der Waals surface area contributed by atoms with Gasteiger partial charge in [0, 0.05) is 23.6 Å². The van der Waals surface area contributed by atoms with E-state index >= 15 is 0 Å². The lowest BCUT2D eigenvalue weighted by Gasteiger charge is -2.15. The Morgan fingerprint density at radius 2 is 1.77 bits per heavy atom. The number of hydrogen-bond acceptors (Lipinski definition) is 3. The van der Waals surface area contributed by atoms with Crippen molar-refractivity contribution in [3.63, 3.8) is 0 Å². The molecule has 0 unspecified atom stereocenters. The van der Waals surface area contributed by atoms with E-state index < -0.39 is 0 Å². The number of hydrogen-bond donors (Lipinski definition) is 2. The van der Waals surface area contributed by atoms with Gasteiger partial charge < -0.3 is 19.8 Å². The number of nitrogens with one attached hydrogen (secondary N) is 2. The smallest absolute Gasteiger partial charge is 0.180 e. The van der Waals surface area contributed by atoms with E-state index in [9.17, 15) is 0 Å². The summed E-state index contributed by atoms with van der Waals surface area (Å²) in [5.74, 6) is 1.22. The van der Waals surface area contributed by atoms with Crippen LogP contribution in [0.3, 0.4) is 0 Å². The normalized spacial score (nSPS) is 11.0. The highest BCUT2D eigenvalue weighted by atomic mass is 35.5. The Kier molecular flexibility index (Phi) is 6.57. The van der Waals surface area contributed by atoms with Gasteiger partial charge in [-0.3, -0.25) is 0 Å². The minimum Gasteiger partial charge on any atom is -0.493 e. The number of ether oxygens (including phenoxy) is 2. The Morgan fingerprint density at radius 3 is 2.60 bits per heavy atom. The zero-order chi connectivity index (χ0) is 20.8. The maximum atomic E-state index is 6.50. The SMILES string of the molecule is COc1cc(CNCCc2c[nH]c3ccccc23)cc(Cl)c1OCc1ccccc1. The molecule has 0 bridgehead atoms. The maximum Gasteiger partial charge on any atom is 0.180 e. The molecule has 0 spiro atoms. The molecule has 1 aromatic heterocycles. The molecular formula is C25H25ClN2O2. The van der Waals surface area contributed by atoms with E-state index in [-0.39, 0.29) is 0 Å². The van der Waals surface area contributed by atoms with E-state index in [2.05, 4.69) is 34.7 Å². The summed E-state index contributed by atoms with van der Waals surface area (Å²) in [6.07, 6.45) is 3.04. The van der Waals surface area contributed by atoms with Gasteiger partial charge in [-0.1, -0.05) is 60.1 Å². The fraction of sp³-hybridized carbons (Fsp3) is 0.200. The van der Waals surface area contributed by atoms with Gasteiger partial charge in [0.2, 0.25) is 0 Å². The van der Waals surface area contributed by atoms with Crippen LogP contribution in [0.25, 0.3) is 10.9 Å². The lowest BCUT2D eigenvalue weighted by Crippen LogP contribution is -2.16. The quantitative estimate of drug-likeness (QED) is 0.339. The molecule has 0 fully saturated rings. The van der Waals surface area contributed by atoms with E-state index in [4.69, 9.17) is 21.1 Å². The highest BCUT2D eigenvalue weighted by Crippen LogP contribution is 2.37. The molecule has 4 rings (SSSR count). The number of aromatic nitrogens is 1. The molecule has 154 valence electrons. The van der Waals surface area contributed by atoms with Crippen molar-refractivity contribution in [1.29, 1.82) is 0 Å².